The molecule has 0 spiro atoms. The van der Waals surface area contributed by atoms with Crippen molar-refractivity contribution in [1.29, 1.82) is 0 Å². The largest absolute Gasteiger partial charge is 0.454 e. The van der Waals surface area contributed by atoms with E-state index < -0.39 is 15.9 Å². The van der Waals surface area contributed by atoms with Crippen molar-refractivity contribution in [2.75, 3.05) is 18.3 Å². The van der Waals surface area contributed by atoms with Crippen LogP contribution in [0.1, 0.15) is 31.4 Å². The third-order valence-electron chi connectivity index (χ3n) is 3.07. The van der Waals surface area contributed by atoms with Gasteiger partial charge in [0.05, 0.1) is 11.5 Å². The Morgan fingerprint density at radius 2 is 2.05 bits per heavy atom. The van der Waals surface area contributed by atoms with Gasteiger partial charge >= 0.3 is 0 Å². The van der Waals surface area contributed by atoms with E-state index in [0.29, 0.717) is 17.9 Å². The van der Waals surface area contributed by atoms with E-state index in [4.69, 9.17) is 15.2 Å². The van der Waals surface area contributed by atoms with Crippen molar-refractivity contribution in [3.8, 4) is 11.5 Å². The Kier molecular flexibility index (Phi) is 4.31. The van der Waals surface area contributed by atoms with E-state index in [-0.39, 0.29) is 18.3 Å². The Labute approximate surface area is 113 Å². The molecule has 0 bridgehead atoms. The molecule has 106 valence electrons. The summed E-state index contributed by atoms with van der Waals surface area (Å²) in [5, 5.41) is 0. The number of benzene rings is 1. The lowest BCUT2D eigenvalue weighted by atomic mass is 10.1. The Balaban J connectivity index is 2.06. The van der Waals surface area contributed by atoms with Crippen LogP contribution in [0, 0.1) is 0 Å². The van der Waals surface area contributed by atoms with E-state index in [9.17, 15) is 8.42 Å². The zero-order valence-electron chi connectivity index (χ0n) is 11.0. The van der Waals surface area contributed by atoms with Crippen LogP contribution in [0.25, 0.3) is 0 Å². The highest BCUT2D eigenvalue weighted by Gasteiger charge is 2.20. The quantitative estimate of drug-likeness (QED) is 0.859. The molecule has 0 aromatic heterocycles. The van der Waals surface area contributed by atoms with Gasteiger partial charge in [0.25, 0.3) is 0 Å². The lowest BCUT2D eigenvalue weighted by Gasteiger charge is -2.13. The van der Waals surface area contributed by atoms with E-state index in [2.05, 4.69) is 0 Å². The first-order valence-electron chi connectivity index (χ1n) is 6.37. The number of hydrogen-bond acceptors (Lipinski definition) is 5. The summed E-state index contributed by atoms with van der Waals surface area (Å²) in [4.78, 5) is 0. The zero-order valence-corrected chi connectivity index (χ0v) is 11.8. The van der Waals surface area contributed by atoms with Gasteiger partial charge in [-0.15, -0.1) is 0 Å². The smallest absolute Gasteiger partial charge is 0.231 e. The average molecular weight is 285 g/mol. The Morgan fingerprint density at radius 1 is 1.32 bits per heavy atom. The van der Waals surface area contributed by atoms with Gasteiger partial charge in [-0.2, -0.15) is 0 Å². The van der Waals surface area contributed by atoms with Gasteiger partial charge in [-0.3, -0.25) is 0 Å². The van der Waals surface area contributed by atoms with E-state index in [1.165, 1.54) is 0 Å². The molecule has 2 rings (SSSR count). The molecule has 1 aromatic rings. The summed E-state index contributed by atoms with van der Waals surface area (Å²) in [7, 11) is -3.10. The number of unbranched alkanes of at least 4 members (excludes halogenated alkanes) is 1. The molecule has 2 N–H and O–H groups in total. The van der Waals surface area contributed by atoms with Gasteiger partial charge in [-0.25, -0.2) is 8.42 Å². The fourth-order valence-corrected chi connectivity index (χ4v) is 3.60. The van der Waals surface area contributed by atoms with Crippen LogP contribution in [-0.2, 0) is 9.84 Å². The minimum atomic E-state index is -3.10. The minimum absolute atomic E-state index is 0.0351. The van der Waals surface area contributed by atoms with Gasteiger partial charge in [0.1, 0.15) is 0 Å². The van der Waals surface area contributed by atoms with Crippen LogP contribution in [0.5, 0.6) is 11.5 Å². The maximum absolute atomic E-state index is 11.9. The van der Waals surface area contributed by atoms with Gasteiger partial charge in [0.2, 0.25) is 6.79 Å². The molecule has 1 unspecified atom stereocenters. The molecule has 1 aliphatic rings. The van der Waals surface area contributed by atoms with Crippen LogP contribution in [-0.4, -0.2) is 26.7 Å². The Bertz CT molecular complexity index is 542. The first kappa shape index (κ1) is 14.1. The molecule has 0 fully saturated rings. The number of rotatable bonds is 6. The second-order valence-corrected chi connectivity index (χ2v) is 6.92. The third kappa shape index (κ3) is 3.61. The highest BCUT2D eigenvalue weighted by atomic mass is 32.2. The summed E-state index contributed by atoms with van der Waals surface area (Å²) in [6.07, 6.45) is 1.54. The molecule has 1 atom stereocenters. The van der Waals surface area contributed by atoms with Gasteiger partial charge in [-0.05, 0) is 24.1 Å². The molecule has 1 heterocycles. The molecular formula is C13H19NO4S. The molecule has 0 saturated heterocycles. The maximum atomic E-state index is 11.9. The standard InChI is InChI=1S/C13H19NO4S/c1-2-3-6-19(15,16)8-11(14)10-4-5-12-13(7-10)18-9-17-12/h4-5,7,11H,2-3,6,8-9,14H2,1H3. The summed E-state index contributed by atoms with van der Waals surface area (Å²) in [5.74, 6) is 1.46. The van der Waals surface area contributed by atoms with Gasteiger partial charge in [0, 0.05) is 6.04 Å². The second kappa shape index (κ2) is 5.79. The van der Waals surface area contributed by atoms with Crippen molar-refractivity contribution in [1.82, 2.24) is 0 Å². The maximum Gasteiger partial charge on any atom is 0.231 e. The van der Waals surface area contributed by atoms with E-state index in [1.54, 1.807) is 18.2 Å². The monoisotopic (exact) mass is 285 g/mol. The van der Waals surface area contributed by atoms with Crippen LogP contribution >= 0.6 is 0 Å². The average Bonchev–Trinajstić information content (AvgIpc) is 2.83. The predicted octanol–water partition coefficient (Wildman–Crippen LogP) is 1.63. The van der Waals surface area contributed by atoms with E-state index >= 15 is 0 Å². The predicted molar refractivity (Wildman–Crippen MR) is 73.1 cm³/mol. The fourth-order valence-electron chi connectivity index (χ4n) is 1.96. The zero-order chi connectivity index (χ0) is 13.9. The summed E-state index contributed by atoms with van der Waals surface area (Å²) in [6, 6.07) is 4.77. The highest BCUT2D eigenvalue weighted by molar-refractivity contribution is 7.91. The van der Waals surface area contributed by atoms with Crippen molar-refractivity contribution in [2.24, 2.45) is 5.73 Å². The lowest BCUT2D eigenvalue weighted by molar-refractivity contribution is 0.174. The van der Waals surface area contributed by atoms with Crippen LogP contribution in [0.2, 0.25) is 0 Å². The molecule has 5 nitrogen and oxygen atoms in total. The Morgan fingerprint density at radius 3 is 2.79 bits per heavy atom. The van der Waals surface area contributed by atoms with Crippen LogP contribution < -0.4 is 15.2 Å². The first-order valence-corrected chi connectivity index (χ1v) is 8.19. The summed E-state index contributed by atoms with van der Waals surface area (Å²) < 4.78 is 34.2. The second-order valence-electron chi connectivity index (χ2n) is 4.69. The van der Waals surface area contributed by atoms with Crippen LogP contribution in [0.15, 0.2) is 18.2 Å². The van der Waals surface area contributed by atoms with Crippen molar-refractivity contribution in [2.45, 2.75) is 25.8 Å². The van der Waals surface area contributed by atoms with Gasteiger partial charge in [-0.1, -0.05) is 19.4 Å². The van der Waals surface area contributed by atoms with Gasteiger partial charge in [0.15, 0.2) is 21.3 Å². The first-order chi connectivity index (χ1) is 9.02. The number of fused-ring (bicyclic) bond motifs is 1. The molecule has 0 radical (unpaired) electrons. The number of ether oxygens (including phenoxy) is 2. The minimum Gasteiger partial charge on any atom is -0.454 e. The molecule has 6 heteroatoms. The van der Waals surface area contributed by atoms with Crippen molar-refractivity contribution < 1.29 is 17.9 Å². The van der Waals surface area contributed by atoms with Crippen LogP contribution in [0.3, 0.4) is 0 Å². The van der Waals surface area contributed by atoms with Crippen molar-refractivity contribution >= 4 is 9.84 Å². The molecule has 19 heavy (non-hydrogen) atoms. The molecule has 0 saturated carbocycles. The molecule has 1 aromatic carbocycles. The third-order valence-corrected chi connectivity index (χ3v) is 4.84. The van der Waals surface area contributed by atoms with E-state index in [1.807, 2.05) is 6.92 Å². The number of sulfone groups is 1. The van der Waals surface area contributed by atoms with Crippen molar-refractivity contribution in [3.63, 3.8) is 0 Å². The SMILES string of the molecule is CCCCS(=O)(=O)CC(N)c1ccc2c(c1)OCO2. The Hall–Kier alpha value is -1.27. The normalized spacial score (nSPS) is 15.5. The van der Waals surface area contributed by atoms with Gasteiger partial charge < -0.3 is 15.2 Å². The molecule has 0 aliphatic carbocycles. The van der Waals surface area contributed by atoms with E-state index in [0.717, 1.165) is 12.0 Å². The fraction of sp³-hybridized carbons (Fsp3) is 0.538. The van der Waals surface area contributed by atoms with Crippen LogP contribution in [0.4, 0.5) is 0 Å². The molecule has 1 aliphatic heterocycles. The topological polar surface area (TPSA) is 78.6 Å². The summed E-state index contributed by atoms with van der Waals surface area (Å²) >= 11 is 0. The number of hydrogen-bond donors (Lipinski definition) is 1. The van der Waals surface area contributed by atoms with Crippen molar-refractivity contribution in [3.05, 3.63) is 23.8 Å². The summed E-state index contributed by atoms with van der Waals surface area (Å²) in [6.45, 7) is 2.16. The summed E-state index contributed by atoms with van der Waals surface area (Å²) in [5.41, 5.74) is 6.73. The molecular weight excluding hydrogens is 266 g/mol. The molecule has 0 amide bonds. The number of nitrogens with two attached hydrogens (primary N) is 1. The highest BCUT2D eigenvalue weighted by Crippen LogP contribution is 2.34. The lowest BCUT2D eigenvalue weighted by Crippen LogP contribution is -2.23.